The van der Waals surface area contributed by atoms with E-state index in [2.05, 4.69) is 42.5 Å². The Morgan fingerprint density at radius 1 is 1.17 bits per heavy atom. The highest BCUT2D eigenvalue weighted by Gasteiger charge is 2.23. The average Bonchev–Trinajstić information content (AvgIpc) is 2.56. The van der Waals surface area contributed by atoms with Crippen molar-refractivity contribution >= 4 is 17.7 Å². The molecule has 23 heavy (non-hydrogen) atoms. The first-order valence-electron chi connectivity index (χ1n) is 8.27. The number of fused-ring (bicyclic) bond motifs is 1. The largest absolute Gasteiger partial charge is 0.466 e. The van der Waals surface area contributed by atoms with Crippen molar-refractivity contribution < 1.29 is 9.53 Å². The summed E-state index contributed by atoms with van der Waals surface area (Å²) >= 11 is 1.79. The van der Waals surface area contributed by atoms with Gasteiger partial charge in [-0.3, -0.25) is 4.79 Å². The van der Waals surface area contributed by atoms with Crippen LogP contribution in [0.1, 0.15) is 43.2 Å². The van der Waals surface area contributed by atoms with Crippen LogP contribution in [0.15, 0.2) is 58.3 Å². The molecule has 3 heteroatoms. The third-order valence-corrected chi connectivity index (χ3v) is 5.25. The van der Waals surface area contributed by atoms with E-state index in [0.717, 1.165) is 19.3 Å². The highest BCUT2D eigenvalue weighted by molar-refractivity contribution is 7.99. The van der Waals surface area contributed by atoms with Gasteiger partial charge < -0.3 is 4.74 Å². The zero-order valence-corrected chi connectivity index (χ0v) is 14.3. The molecule has 0 fully saturated rings. The smallest absolute Gasteiger partial charge is 0.306 e. The molecule has 2 aromatic carbocycles. The van der Waals surface area contributed by atoms with Gasteiger partial charge in [0.25, 0.3) is 0 Å². The van der Waals surface area contributed by atoms with E-state index in [1.165, 1.54) is 20.9 Å². The van der Waals surface area contributed by atoms with Gasteiger partial charge in [0.05, 0.1) is 13.0 Å². The van der Waals surface area contributed by atoms with Crippen molar-refractivity contribution in [3.8, 4) is 0 Å². The molecule has 0 spiro atoms. The van der Waals surface area contributed by atoms with Crippen LogP contribution < -0.4 is 0 Å². The van der Waals surface area contributed by atoms with Crippen molar-refractivity contribution in [2.75, 3.05) is 6.61 Å². The zero-order chi connectivity index (χ0) is 16.1. The van der Waals surface area contributed by atoms with E-state index < -0.39 is 0 Å². The number of carbonyl (C=O) groups excluding carboxylic acids is 1. The van der Waals surface area contributed by atoms with Crippen molar-refractivity contribution in [2.24, 2.45) is 0 Å². The molecule has 1 aliphatic carbocycles. The molecule has 0 aliphatic heterocycles. The minimum Gasteiger partial charge on any atom is -0.466 e. The predicted octanol–water partition coefficient (Wildman–Crippen LogP) is 5.21. The van der Waals surface area contributed by atoms with E-state index in [9.17, 15) is 4.79 Å². The molecule has 0 heterocycles. The van der Waals surface area contributed by atoms with Crippen LogP contribution in [0, 0.1) is 0 Å². The van der Waals surface area contributed by atoms with Crippen molar-refractivity contribution in [3.05, 3.63) is 59.7 Å². The van der Waals surface area contributed by atoms with Gasteiger partial charge in [0.2, 0.25) is 0 Å². The van der Waals surface area contributed by atoms with Crippen LogP contribution in [0.25, 0.3) is 0 Å². The molecule has 0 N–H and O–H groups in total. The summed E-state index contributed by atoms with van der Waals surface area (Å²) in [4.78, 5) is 14.3. The molecular weight excluding hydrogens is 304 g/mol. The minimum atomic E-state index is -0.0758. The quantitative estimate of drug-likeness (QED) is 0.705. The molecule has 0 saturated carbocycles. The zero-order valence-electron chi connectivity index (χ0n) is 13.5. The Morgan fingerprint density at radius 2 is 2.00 bits per heavy atom. The van der Waals surface area contributed by atoms with Crippen molar-refractivity contribution in [2.45, 2.75) is 48.3 Å². The molecule has 2 aromatic rings. The lowest BCUT2D eigenvalue weighted by Crippen LogP contribution is -2.15. The Kier molecular flexibility index (Phi) is 5.39. The van der Waals surface area contributed by atoms with E-state index in [1.807, 2.05) is 13.0 Å². The second kappa shape index (κ2) is 7.69. The number of benzene rings is 2. The first-order valence-corrected chi connectivity index (χ1v) is 9.09. The Bertz CT molecular complexity index is 667. The molecule has 0 bridgehead atoms. The van der Waals surface area contributed by atoms with Crippen molar-refractivity contribution in [1.82, 2.24) is 0 Å². The lowest BCUT2D eigenvalue weighted by atomic mass is 9.81. The third-order valence-electron chi connectivity index (χ3n) is 4.25. The SMILES string of the molecule is CCOC(=O)CC1CCCc2cc(Sc3ccccc3)ccc21. The normalized spacial score (nSPS) is 16.7. The highest BCUT2D eigenvalue weighted by atomic mass is 32.2. The fourth-order valence-electron chi connectivity index (χ4n) is 3.21. The Hall–Kier alpha value is -1.74. The molecule has 2 nitrogen and oxygen atoms in total. The molecule has 0 saturated heterocycles. The summed E-state index contributed by atoms with van der Waals surface area (Å²) in [6.07, 6.45) is 3.84. The van der Waals surface area contributed by atoms with Gasteiger partial charge >= 0.3 is 5.97 Å². The summed E-state index contributed by atoms with van der Waals surface area (Å²) in [6.45, 7) is 2.32. The number of hydrogen-bond acceptors (Lipinski definition) is 3. The molecule has 120 valence electrons. The summed E-state index contributed by atoms with van der Waals surface area (Å²) in [7, 11) is 0. The average molecular weight is 326 g/mol. The summed E-state index contributed by atoms with van der Waals surface area (Å²) in [5.41, 5.74) is 2.73. The van der Waals surface area contributed by atoms with E-state index in [4.69, 9.17) is 4.74 Å². The van der Waals surface area contributed by atoms with Crippen molar-refractivity contribution in [1.29, 1.82) is 0 Å². The molecule has 0 radical (unpaired) electrons. The minimum absolute atomic E-state index is 0.0758. The first-order chi connectivity index (χ1) is 11.3. The van der Waals surface area contributed by atoms with Crippen LogP contribution in [0.4, 0.5) is 0 Å². The lowest BCUT2D eigenvalue weighted by molar-refractivity contribution is -0.143. The highest BCUT2D eigenvalue weighted by Crippen LogP contribution is 2.37. The van der Waals surface area contributed by atoms with Gasteiger partial charge in [0, 0.05) is 9.79 Å². The Balaban J connectivity index is 1.75. The molecule has 0 amide bonds. The summed E-state index contributed by atoms with van der Waals surface area (Å²) in [5, 5.41) is 0. The first kappa shape index (κ1) is 16.1. The fraction of sp³-hybridized carbons (Fsp3) is 0.350. The maximum atomic E-state index is 11.8. The second-order valence-electron chi connectivity index (χ2n) is 5.87. The van der Waals surface area contributed by atoms with Crippen LogP contribution in [0.3, 0.4) is 0 Å². The Labute approximate surface area is 142 Å². The standard InChI is InChI=1S/C20H22O2S/c1-2-22-20(21)14-16-8-6-7-15-13-18(11-12-19(15)16)23-17-9-4-3-5-10-17/h3-5,9-13,16H,2,6-8,14H2,1H3. The number of ether oxygens (including phenoxy) is 1. The second-order valence-corrected chi connectivity index (χ2v) is 7.02. The maximum absolute atomic E-state index is 11.8. The number of carbonyl (C=O) groups is 1. The van der Waals surface area contributed by atoms with Gasteiger partial charge in [-0.25, -0.2) is 0 Å². The van der Waals surface area contributed by atoms with Gasteiger partial charge in [0.1, 0.15) is 0 Å². The predicted molar refractivity (Wildman–Crippen MR) is 93.9 cm³/mol. The van der Waals surface area contributed by atoms with E-state index >= 15 is 0 Å². The number of aryl methyl sites for hydroxylation is 1. The maximum Gasteiger partial charge on any atom is 0.306 e. The van der Waals surface area contributed by atoms with Crippen LogP contribution >= 0.6 is 11.8 Å². The molecule has 1 aliphatic rings. The van der Waals surface area contributed by atoms with E-state index in [-0.39, 0.29) is 5.97 Å². The summed E-state index contributed by atoms with van der Waals surface area (Å²) in [5.74, 6) is 0.238. The number of rotatable bonds is 5. The molecule has 1 unspecified atom stereocenters. The molecule has 0 aromatic heterocycles. The van der Waals surface area contributed by atoms with Gasteiger partial charge in [-0.15, -0.1) is 0 Å². The van der Waals surface area contributed by atoms with Crippen LogP contribution in [-0.2, 0) is 16.0 Å². The summed E-state index contributed by atoms with van der Waals surface area (Å²) in [6, 6.07) is 17.1. The monoisotopic (exact) mass is 326 g/mol. The van der Waals surface area contributed by atoms with Gasteiger partial charge in [0.15, 0.2) is 0 Å². The van der Waals surface area contributed by atoms with Gasteiger partial charge in [-0.1, -0.05) is 36.0 Å². The number of hydrogen-bond donors (Lipinski definition) is 0. The van der Waals surface area contributed by atoms with Crippen LogP contribution in [0.5, 0.6) is 0 Å². The van der Waals surface area contributed by atoms with Gasteiger partial charge in [-0.2, -0.15) is 0 Å². The van der Waals surface area contributed by atoms with Crippen LogP contribution in [-0.4, -0.2) is 12.6 Å². The van der Waals surface area contributed by atoms with Gasteiger partial charge in [-0.05, 0) is 67.5 Å². The van der Waals surface area contributed by atoms with E-state index in [1.54, 1.807) is 11.8 Å². The summed E-state index contributed by atoms with van der Waals surface area (Å²) < 4.78 is 5.12. The fourth-order valence-corrected chi connectivity index (χ4v) is 4.12. The third kappa shape index (κ3) is 4.17. The molecular formula is C20H22O2S. The lowest BCUT2D eigenvalue weighted by Gasteiger charge is -2.25. The molecule has 1 atom stereocenters. The van der Waals surface area contributed by atoms with Crippen molar-refractivity contribution in [3.63, 3.8) is 0 Å². The topological polar surface area (TPSA) is 26.3 Å². The Morgan fingerprint density at radius 3 is 2.78 bits per heavy atom. The molecule has 3 rings (SSSR count). The van der Waals surface area contributed by atoms with Crippen LogP contribution in [0.2, 0.25) is 0 Å². The van der Waals surface area contributed by atoms with E-state index in [0.29, 0.717) is 18.9 Å². The number of esters is 1.